The smallest absolute Gasteiger partial charge is 0.322 e. The topological polar surface area (TPSA) is 58.6 Å². The lowest BCUT2D eigenvalue weighted by Crippen LogP contribution is -2.34. The maximum atomic E-state index is 13.1. The number of likely N-dealkylation sites (tertiary alicyclic amines) is 1. The lowest BCUT2D eigenvalue weighted by molar-refractivity contribution is -0.142. The van der Waals surface area contributed by atoms with Gasteiger partial charge < -0.3 is 15.0 Å². The number of nitrogens with zero attached hydrogens (tertiary/aromatic N) is 1. The monoisotopic (exact) mass is 370 g/mol. The molecule has 2 aromatic carbocycles. The van der Waals surface area contributed by atoms with Crippen molar-refractivity contribution in [3.8, 4) is 0 Å². The second-order valence-electron chi connectivity index (χ2n) is 6.51. The maximum absolute atomic E-state index is 13.1. The molecule has 0 spiro atoms. The number of esters is 1. The fourth-order valence-corrected chi connectivity index (χ4v) is 3.32. The molecule has 1 aliphatic rings. The van der Waals surface area contributed by atoms with E-state index in [-0.39, 0.29) is 30.3 Å². The van der Waals surface area contributed by atoms with Crippen LogP contribution < -0.4 is 5.32 Å². The van der Waals surface area contributed by atoms with E-state index in [2.05, 4.69) is 5.32 Å². The van der Waals surface area contributed by atoms with Gasteiger partial charge in [-0.1, -0.05) is 24.3 Å². The number of hydrogen-bond acceptors (Lipinski definition) is 3. The van der Waals surface area contributed by atoms with E-state index in [0.29, 0.717) is 18.8 Å². The zero-order chi connectivity index (χ0) is 19.2. The molecule has 1 N–H and O–H groups in total. The highest BCUT2D eigenvalue weighted by Gasteiger charge is 2.30. The standard InChI is InChI=1S/C21H23FN2O3/c1-2-27-20(25)14-15-5-11-18(12-6-15)23-21(26)24-13-3-4-19(24)16-7-9-17(22)10-8-16/h5-12,19H,2-4,13-14H2,1H3,(H,23,26)/t19-/m0/s1. The number of amides is 2. The molecule has 1 aliphatic heterocycles. The predicted molar refractivity (Wildman–Crippen MR) is 101 cm³/mol. The van der Waals surface area contributed by atoms with E-state index in [1.54, 1.807) is 48.2 Å². The number of ether oxygens (including phenoxy) is 1. The Morgan fingerprint density at radius 1 is 1.15 bits per heavy atom. The van der Waals surface area contributed by atoms with Crippen molar-refractivity contribution < 1.29 is 18.7 Å². The summed E-state index contributed by atoms with van der Waals surface area (Å²) < 4.78 is 18.1. The third-order valence-electron chi connectivity index (χ3n) is 4.63. The van der Waals surface area contributed by atoms with E-state index in [4.69, 9.17) is 4.74 Å². The average Bonchev–Trinajstić information content (AvgIpc) is 3.14. The van der Waals surface area contributed by atoms with Crippen LogP contribution in [0.25, 0.3) is 0 Å². The van der Waals surface area contributed by atoms with E-state index >= 15 is 0 Å². The predicted octanol–water partition coefficient (Wildman–Crippen LogP) is 4.30. The third-order valence-corrected chi connectivity index (χ3v) is 4.63. The summed E-state index contributed by atoms with van der Waals surface area (Å²) in [7, 11) is 0. The lowest BCUT2D eigenvalue weighted by Gasteiger charge is -2.25. The van der Waals surface area contributed by atoms with Crippen molar-refractivity contribution in [2.75, 3.05) is 18.5 Å². The largest absolute Gasteiger partial charge is 0.466 e. The van der Waals surface area contributed by atoms with Gasteiger partial charge in [-0.2, -0.15) is 0 Å². The van der Waals surface area contributed by atoms with Gasteiger partial charge in [0.05, 0.1) is 19.1 Å². The van der Waals surface area contributed by atoms with Crippen LogP contribution in [0.1, 0.15) is 36.9 Å². The number of benzene rings is 2. The van der Waals surface area contributed by atoms with Crippen molar-refractivity contribution in [1.82, 2.24) is 4.90 Å². The van der Waals surface area contributed by atoms with Crippen LogP contribution in [-0.4, -0.2) is 30.1 Å². The van der Waals surface area contributed by atoms with E-state index in [1.165, 1.54) is 12.1 Å². The first-order chi connectivity index (χ1) is 13.1. The van der Waals surface area contributed by atoms with Crippen molar-refractivity contribution >= 4 is 17.7 Å². The minimum absolute atomic E-state index is 0.0475. The zero-order valence-electron chi connectivity index (χ0n) is 15.3. The van der Waals surface area contributed by atoms with E-state index in [0.717, 1.165) is 24.0 Å². The Morgan fingerprint density at radius 3 is 2.52 bits per heavy atom. The van der Waals surface area contributed by atoms with Crippen LogP contribution in [0.3, 0.4) is 0 Å². The van der Waals surface area contributed by atoms with Crippen LogP contribution >= 0.6 is 0 Å². The number of halogens is 1. The molecule has 1 atom stereocenters. The molecule has 27 heavy (non-hydrogen) atoms. The summed E-state index contributed by atoms with van der Waals surface area (Å²) in [6, 6.07) is 13.2. The molecule has 0 radical (unpaired) electrons. The second-order valence-corrected chi connectivity index (χ2v) is 6.51. The van der Waals surface area contributed by atoms with Crippen molar-refractivity contribution in [1.29, 1.82) is 0 Å². The third kappa shape index (κ3) is 4.84. The Morgan fingerprint density at radius 2 is 1.85 bits per heavy atom. The minimum atomic E-state index is -0.282. The van der Waals surface area contributed by atoms with Gasteiger partial charge in [0, 0.05) is 12.2 Å². The van der Waals surface area contributed by atoms with Crippen molar-refractivity contribution in [3.05, 3.63) is 65.5 Å². The van der Waals surface area contributed by atoms with E-state index in [1.807, 2.05) is 0 Å². The summed E-state index contributed by atoms with van der Waals surface area (Å²) >= 11 is 0. The number of carbonyl (C=O) groups is 2. The summed E-state index contributed by atoms with van der Waals surface area (Å²) in [5, 5.41) is 2.90. The van der Waals surface area contributed by atoms with Crippen LogP contribution in [0.4, 0.5) is 14.9 Å². The normalized spacial score (nSPS) is 16.2. The molecular weight excluding hydrogens is 347 g/mol. The van der Waals surface area contributed by atoms with Gasteiger partial charge in [0.1, 0.15) is 5.82 Å². The molecular formula is C21H23FN2O3. The highest BCUT2D eigenvalue weighted by Crippen LogP contribution is 2.32. The van der Waals surface area contributed by atoms with Gasteiger partial charge in [-0.15, -0.1) is 0 Å². The summed E-state index contributed by atoms with van der Waals surface area (Å²) in [5.74, 6) is -0.552. The molecule has 142 valence electrons. The quantitative estimate of drug-likeness (QED) is 0.799. The molecule has 0 aromatic heterocycles. The van der Waals surface area contributed by atoms with Crippen LogP contribution in [-0.2, 0) is 16.0 Å². The fourth-order valence-electron chi connectivity index (χ4n) is 3.32. The van der Waals surface area contributed by atoms with Gasteiger partial charge in [-0.3, -0.25) is 4.79 Å². The summed E-state index contributed by atoms with van der Waals surface area (Å²) in [6.07, 6.45) is 1.98. The summed E-state index contributed by atoms with van der Waals surface area (Å²) in [4.78, 5) is 26.0. The number of urea groups is 1. The molecule has 1 saturated heterocycles. The molecule has 1 fully saturated rings. The SMILES string of the molecule is CCOC(=O)Cc1ccc(NC(=O)N2CCC[C@H]2c2ccc(F)cc2)cc1. The molecule has 2 amide bonds. The van der Waals surface area contributed by atoms with E-state index < -0.39 is 0 Å². The van der Waals surface area contributed by atoms with Crippen molar-refractivity contribution in [3.63, 3.8) is 0 Å². The van der Waals surface area contributed by atoms with Crippen LogP contribution in [0.5, 0.6) is 0 Å². The van der Waals surface area contributed by atoms with Crippen LogP contribution in [0.15, 0.2) is 48.5 Å². The van der Waals surface area contributed by atoms with Gasteiger partial charge >= 0.3 is 12.0 Å². The van der Waals surface area contributed by atoms with E-state index in [9.17, 15) is 14.0 Å². The summed E-state index contributed by atoms with van der Waals surface area (Å²) in [5.41, 5.74) is 2.43. The lowest BCUT2D eigenvalue weighted by atomic mass is 10.0. The Bertz CT molecular complexity index is 790. The molecule has 2 aromatic rings. The number of nitrogens with one attached hydrogen (secondary N) is 1. The van der Waals surface area contributed by atoms with Gasteiger partial charge in [0.25, 0.3) is 0 Å². The highest BCUT2D eigenvalue weighted by atomic mass is 19.1. The van der Waals surface area contributed by atoms with Crippen LogP contribution in [0, 0.1) is 5.82 Å². The van der Waals surface area contributed by atoms with Crippen molar-refractivity contribution in [2.24, 2.45) is 0 Å². The number of anilines is 1. The molecule has 0 unspecified atom stereocenters. The maximum Gasteiger partial charge on any atom is 0.322 e. The molecule has 6 heteroatoms. The number of hydrogen-bond donors (Lipinski definition) is 1. The zero-order valence-corrected chi connectivity index (χ0v) is 15.3. The molecule has 3 rings (SSSR count). The Balaban J connectivity index is 1.62. The molecule has 0 aliphatic carbocycles. The van der Waals surface area contributed by atoms with Crippen LogP contribution in [0.2, 0.25) is 0 Å². The first-order valence-corrected chi connectivity index (χ1v) is 9.14. The number of rotatable bonds is 5. The average molecular weight is 370 g/mol. The molecule has 0 saturated carbocycles. The Kier molecular flexibility index (Phi) is 6.06. The summed E-state index contributed by atoms with van der Waals surface area (Å²) in [6.45, 7) is 2.79. The molecule has 1 heterocycles. The fraction of sp³-hybridized carbons (Fsp3) is 0.333. The van der Waals surface area contributed by atoms with Gasteiger partial charge in [-0.25, -0.2) is 9.18 Å². The second kappa shape index (κ2) is 8.66. The van der Waals surface area contributed by atoms with Crippen molar-refractivity contribution in [2.45, 2.75) is 32.2 Å². The highest BCUT2D eigenvalue weighted by molar-refractivity contribution is 5.90. The first-order valence-electron chi connectivity index (χ1n) is 9.14. The van der Waals surface area contributed by atoms with Gasteiger partial charge in [-0.05, 0) is 55.2 Å². The minimum Gasteiger partial charge on any atom is -0.466 e. The molecule has 5 nitrogen and oxygen atoms in total. The molecule has 0 bridgehead atoms. The first kappa shape index (κ1) is 18.9. The number of carbonyl (C=O) groups excluding carboxylic acids is 2. The Labute approximate surface area is 158 Å². The van der Waals surface area contributed by atoms with Gasteiger partial charge in [0.2, 0.25) is 0 Å². The Hall–Kier alpha value is -2.89. The van der Waals surface area contributed by atoms with Gasteiger partial charge in [0.15, 0.2) is 0 Å².